The van der Waals surface area contributed by atoms with E-state index in [4.69, 9.17) is 0 Å². The second-order valence-electron chi connectivity index (χ2n) is 4.36. The molecule has 0 unspecified atom stereocenters. The van der Waals surface area contributed by atoms with Gasteiger partial charge in [-0.15, -0.1) is 11.3 Å². The predicted octanol–water partition coefficient (Wildman–Crippen LogP) is 2.69. The van der Waals surface area contributed by atoms with Gasteiger partial charge in [0.25, 0.3) is 0 Å². The van der Waals surface area contributed by atoms with Gasteiger partial charge in [0.15, 0.2) is 5.13 Å². The first kappa shape index (κ1) is 12.8. The summed E-state index contributed by atoms with van der Waals surface area (Å²) in [4.78, 5) is 16.1. The minimum Gasteiger partial charge on any atom is -0.300 e. The van der Waals surface area contributed by atoms with E-state index in [0.717, 1.165) is 23.0 Å². The molecule has 5 nitrogen and oxygen atoms in total. The highest BCUT2D eigenvalue weighted by molar-refractivity contribution is 7.13. The number of para-hydroxylation sites is 1. The fraction of sp³-hybridized carbons (Fsp3) is 0.214. The van der Waals surface area contributed by atoms with Gasteiger partial charge in [-0.2, -0.15) is 5.10 Å². The highest BCUT2D eigenvalue weighted by Gasteiger charge is 2.12. The first-order valence-electron chi connectivity index (χ1n) is 6.41. The van der Waals surface area contributed by atoms with Crippen LogP contribution in [0.4, 0.5) is 5.13 Å². The van der Waals surface area contributed by atoms with Crippen LogP contribution in [0.1, 0.15) is 12.6 Å². The first-order chi connectivity index (χ1) is 9.78. The van der Waals surface area contributed by atoms with E-state index in [9.17, 15) is 4.79 Å². The molecule has 0 aliphatic heterocycles. The molecular weight excluding hydrogens is 272 g/mol. The lowest BCUT2D eigenvalue weighted by Gasteiger charge is -2.03. The van der Waals surface area contributed by atoms with E-state index in [0.29, 0.717) is 5.13 Å². The number of benzene rings is 1. The van der Waals surface area contributed by atoms with Crippen LogP contribution < -0.4 is 5.32 Å². The average molecular weight is 286 g/mol. The summed E-state index contributed by atoms with van der Waals surface area (Å²) in [5, 5.41) is 10.8. The lowest BCUT2D eigenvalue weighted by atomic mass is 10.2. The number of thiazole rings is 1. The molecule has 0 atom stereocenters. The molecule has 0 radical (unpaired) electrons. The van der Waals surface area contributed by atoms with E-state index in [-0.39, 0.29) is 12.5 Å². The number of carbonyl (C=O) groups excluding carboxylic acids is 1. The number of nitrogens with one attached hydrogen (secondary N) is 1. The molecule has 3 aromatic rings. The minimum atomic E-state index is -0.115. The number of rotatable bonds is 4. The van der Waals surface area contributed by atoms with Gasteiger partial charge in [0, 0.05) is 17.0 Å². The van der Waals surface area contributed by atoms with Crippen molar-refractivity contribution in [2.75, 3.05) is 5.32 Å². The van der Waals surface area contributed by atoms with E-state index in [2.05, 4.69) is 22.3 Å². The standard InChI is InChI=1S/C14H14N4OS/c1-2-11-10-5-3-4-6-12(10)18(17-11)9-13(19)16-14-15-7-8-20-14/h3-8H,2,9H2,1H3,(H,15,16,19). The number of hydrogen-bond donors (Lipinski definition) is 1. The Bertz CT molecular complexity index is 733. The molecule has 0 bridgehead atoms. The Balaban J connectivity index is 1.85. The van der Waals surface area contributed by atoms with Gasteiger partial charge in [-0.3, -0.25) is 9.48 Å². The van der Waals surface area contributed by atoms with E-state index in [1.54, 1.807) is 10.9 Å². The van der Waals surface area contributed by atoms with Gasteiger partial charge in [-0.1, -0.05) is 25.1 Å². The fourth-order valence-electron chi connectivity index (χ4n) is 2.16. The maximum atomic E-state index is 12.0. The summed E-state index contributed by atoms with van der Waals surface area (Å²) in [6, 6.07) is 7.97. The van der Waals surface area contributed by atoms with Gasteiger partial charge < -0.3 is 5.32 Å². The molecule has 0 saturated heterocycles. The highest BCUT2D eigenvalue weighted by Crippen LogP contribution is 2.19. The monoisotopic (exact) mass is 286 g/mol. The molecule has 2 aromatic heterocycles. The molecule has 1 aromatic carbocycles. The highest BCUT2D eigenvalue weighted by atomic mass is 32.1. The van der Waals surface area contributed by atoms with E-state index in [1.807, 2.05) is 29.6 Å². The van der Waals surface area contributed by atoms with Crippen molar-refractivity contribution in [1.29, 1.82) is 0 Å². The number of carbonyl (C=O) groups is 1. The van der Waals surface area contributed by atoms with Crippen molar-refractivity contribution in [2.45, 2.75) is 19.9 Å². The van der Waals surface area contributed by atoms with Crippen molar-refractivity contribution in [1.82, 2.24) is 14.8 Å². The Kier molecular flexibility index (Phi) is 3.47. The molecule has 20 heavy (non-hydrogen) atoms. The van der Waals surface area contributed by atoms with Gasteiger partial charge in [-0.25, -0.2) is 4.98 Å². The largest absolute Gasteiger partial charge is 0.300 e. The Hall–Kier alpha value is -2.21. The van der Waals surface area contributed by atoms with Crippen LogP contribution in [0.15, 0.2) is 35.8 Å². The summed E-state index contributed by atoms with van der Waals surface area (Å²) in [6.07, 6.45) is 2.51. The van der Waals surface area contributed by atoms with E-state index >= 15 is 0 Å². The average Bonchev–Trinajstić information content (AvgIpc) is 3.07. The normalized spacial score (nSPS) is 10.8. The van der Waals surface area contributed by atoms with Crippen LogP contribution in [-0.2, 0) is 17.8 Å². The number of anilines is 1. The summed E-state index contributed by atoms with van der Waals surface area (Å²) in [5.41, 5.74) is 2.00. The topological polar surface area (TPSA) is 59.8 Å². The van der Waals surface area contributed by atoms with Crippen LogP contribution in [0.25, 0.3) is 10.9 Å². The Labute approximate surface area is 120 Å². The summed E-state index contributed by atoms with van der Waals surface area (Å²) in [6.45, 7) is 2.26. The molecule has 2 heterocycles. The van der Waals surface area contributed by atoms with Crippen molar-refractivity contribution in [3.8, 4) is 0 Å². The lowest BCUT2D eigenvalue weighted by molar-refractivity contribution is -0.116. The number of hydrogen-bond acceptors (Lipinski definition) is 4. The molecule has 0 aliphatic rings. The van der Waals surface area contributed by atoms with Crippen LogP contribution in [0.2, 0.25) is 0 Å². The molecule has 1 amide bonds. The quantitative estimate of drug-likeness (QED) is 0.802. The maximum absolute atomic E-state index is 12.0. The number of aryl methyl sites for hydroxylation is 1. The van der Waals surface area contributed by atoms with Gasteiger partial charge in [0.2, 0.25) is 5.91 Å². The Morgan fingerprint density at radius 1 is 1.40 bits per heavy atom. The molecule has 102 valence electrons. The minimum absolute atomic E-state index is 0.115. The molecule has 0 saturated carbocycles. The van der Waals surface area contributed by atoms with Crippen LogP contribution >= 0.6 is 11.3 Å². The number of nitrogens with zero attached hydrogens (tertiary/aromatic N) is 3. The fourth-order valence-corrected chi connectivity index (χ4v) is 2.70. The van der Waals surface area contributed by atoms with Crippen LogP contribution in [0, 0.1) is 0 Å². The SMILES string of the molecule is CCc1nn(CC(=O)Nc2nccs2)c2ccccc12. The summed E-state index contributed by atoms with van der Waals surface area (Å²) >= 11 is 1.40. The van der Waals surface area contributed by atoms with Gasteiger partial charge in [-0.05, 0) is 12.5 Å². The van der Waals surface area contributed by atoms with Crippen LogP contribution in [0.3, 0.4) is 0 Å². The Morgan fingerprint density at radius 2 is 2.25 bits per heavy atom. The zero-order chi connectivity index (χ0) is 13.9. The smallest absolute Gasteiger partial charge is 0.247 e. The number of amides is 1. The van der Waals surface area contributed by atoms with Crippen molar-refractivity contribution in [3.63, 3.8) is 0 Å². The van der Waals surface area contributed by atoms with E-state index < -0.39 is 0 Å². The molecule has 6 heteroatoms. The second-order valence-corrected chi connectivity index (χ2v) is 5.26. The predicted molar refractivity (Wildman–Crippen MR) is 79.9 cm³/mol. The third-order valence-electron chi connectivity index (χ3n) is 3.04. The zero-order valence-electron chi connectivity index (χ0n) is 11.0. The summed E-state index contributed by atoms with van der Waals surface area (Å²) in [5.74, 6) is -0.115. The number of fused-ring (bicyclic) bond motifs is 1. The summed E-state index contributed by atoms with van der Waals surface area (Å²) < 4.78 is 1.75. The third kappa shape index (κ3) is 2.42. The van der Waals surface area contributed by atoms with Crippen molar-refractivity contribution >= 4 is 33.3 Å². The maximum Gasteiger partial charge on any atom is 0.247 e. The van der Waals surface area contributed by atoms with Gasteiger partial charge >= 0.3 is 0 Å². The zero-order valence-corrected chi connectivity index (χ0v) is 11.9. The number of aromatic nitrogens is 3. The molecule has 0 fully saturated rings. The van der Waals surface area contributed by atoms with Crippen molar-refractivity contribution in [3.05, 3.63) is 41.5 Å². The lowest BCUT2D eigenvalue weighted by Crippen LogP contribution is -2.19. The molecular formula is C14H14N4OS. The molecule has 0 spiro atoms. The first-order valence-corrected chi connectivity index (χ1v) is 7.29. The van der Waals surface area contributed by atoms with Crippen molar-refractivity contribution < 1.29 is 4.79 Å². The molecule has 0 aliphatic carbocycles. The second kappa shape index (κ2) is 5.42. The van der Waals surface area contributed by atoms with E-state index in [1.165, 1.54) is 11.3 Å². The Morgan fingerprint density at radius 3 is 3.00 bits per heavy atom. The van der Waals surface area contributed by atoms with Crippen molar-refractivity contribution in [2.24, 2.45) is 0 Å². The van der Waals surface area contributed by atoms with Gasteiger partial charge in [0.05, 0.1) is 11.2 Å². The third-order valence-corrected chi connectivity index (χ3v) is 3.73. The van der Waals surface area contributed by atoms with Gasteiger partial charge in [0.1, 0.15) is 6.54 Å². The molecule has 3 rings (SSSR count). The molecule has 1 N–H and O–H groups in total. The van der Waals surface area contributed by atoms with Crippen LogP contribution in [0.5, 0.6) is 0 Å². The summed E-state index contributed by atoms with van der Waals surface area (Å²) in [7, 11) is 0. The van der Waals surface area contributed by atoms with Crippen LogP contribution in [-0.4, -0.2) is 20.7 Å².